The minimum Gasteiger partial charge on any atom is -0.545 e. The lowest BCUT2D eigenvalue weighted by Crippen LogP contribution is -2.44. The standard InChI is InChI=1S/C92H159NO8/c1-6-8-10-12-14-16-18-20-22-24-26-28-30-32-34-36-38-40-42-43-44-45-46-47-49-50-52-54-56-58-60-62-64-66-68-70-72-74-76-78-80-82-89(94)99-86-88(87-100-92(91(96)97)98-85-84-93(3,4)5)101-90(95)83-81-79-77-75-73-71-69-67-65-63-61-59-57-55-53-51-48-41-39-37-35-33-31-29-27-25-23-21-19-17-15-13-11-9-7-2/h8-11,14-17,20-23,26-29,32-35,39,41,88,92H,6-7,12-13,18-19,24-25,30-31,36-38,40,42-87H2,1-5H3/b10-8-,11-9-,16-14-,17-15-,22-20-,23-21-,28-26-,29-27-,34-32-,35-33-,41-39-. The molecule has 0 heterocycles. The Balaban J connectivity index is 3.97. The fourth-order valence-electron chi connectivity index (χ4n) is 12.0. The number of rotatable bonds is 78. The molecular weight excluding hydrogens is 1250 g/mol. The number of allylic oxidation sites excluding steroid dienone is 22. The molecule has 0 fully saturated rings. The molecule has 0 aliphatic rings. The van der Waals surface area contributed by atoms with E-state index in [-0.39, 0.29) is 32.2 Å². The molecule has 9 heteroatoms. The summed E-state index contributed by atoms with van der Waals surface area (Å²) in [4.78, 5) is 37.7. The summed E-state index contributed by atoms with van der Waals surface area (Å²) in [6.45, 7) is 4.56. The summed E-state index contributed by atoms with van der Waals surface area (Å²) in [5, 5.41) is 11.9. The third kappa shape index (κ3) is 82.6. The van der Waals surface area contributed by atoms with E-state index in [1.165, 1.54) is 231 Å². The van der Waals surface area contributed by atoms with Crippen molar-refractivity contribution in [1.82, 2.24) is 0 Å². The highest BCUT2D eigenvalue weighted by Crippen LogP contribution is 2.19. The van der Waals surface area contributed by atoms with Crippen LogP contribution in [-0.2, 0) is 33.3 Å². The Bertz CT molecular complexity index is 2130. The van der Waals surface area contributed by atoms with Crippen molar-refractivity contribution < 1.29 is 42.9 Å². The number of quaternary nitrogens is 1. The van der Waals surface area contributed by atoms with Crippen LogP contribution in [0.1, 0.15) is 373 Å². The average Bonchev–Trinajstić information content (AvgIpc) is 1.25. The molecular formula is C92H159NO8. The van der Waals surface area contributed by atoms with Crippen LogP contribution >= 0.6 is 0 Å². The van der Waals surface area contributed by atoms with E-state index in [2.05, 4.69) is 148 Å². The first-order valence-corrected chi connectivity index (χ1v) is 42.3. The first-order valence-electron chi connectivity index (χ1n) is 42.3. The number of carboxylic acid groups (broad SMARTS) is 1. The molecule has 580 valence electrons. The molecule has 2 unspecified atom stereocenters. The Morgan fingerprint density at radius 3 is 0.792 bits per heavy atom. The maximum absolute atomic E-state index is 13.0. The molecule has 9 nitrogen and oxygen atoms in total. The molecule has 0 amide bonds. The van der Waals surface area contributed by atoms with E-state index in [0.29, 0.717) is 23.9 Å². The predicted octanol–water partition coefficient (Wildman–Crippen LogP) is 26.3. The largest absolute Gasteiger partial charge is 0.545 e. The molecule has 0 radical (unpaired) electrons. The molecule has 0 saturated carbocycles. The van der Waals surface area contributed by atoms with Crippen LogP contribution in [0.15, 0.2) is 134 Å². The Labute approximate surface area is 624 Å². The highest BCUT2D eigenvalue weighted by molar-refractivity contribution is 5.70. The summed E-state index contributed by atoms with van der Waals surface area (Å²) in [5.41, 5.74) is 0. The zero-order chi connectivity index (χ0) is 73.2. The van der Waals surface area contributed by atoms with Crippen molar-refractivity contribution in [2.75, 3.05) is 47.5 Å². The maximum atomic E-state index is 13.0. The molecule has 0 aliphatic carbocycles. The van der Waals surface area contributed by atoms with Crippen LogP contribution in [0.2, 0.25) is 0 Å². The smallest absolute Gasteiger partial charge is 0.306 e. The highest BCUT2D eigenvalue weighted by atomic mass is 16.7. The van der Waals surface area contributed by atoms with Crippen molar-refractivity contribution in [3.8, 4) is 0 Å². The van der Waals surface area contributed by atoms with Crippen molar-refractivity contribution >= 4 is 17.9 Å². The molecule has 101 heavy (non-hydrogen) atoms. The van der Waals surface area contributed by atoms with Gasteiger partial charge in [-0.25, -0.2) is 0 Å². The van der Waals surface area contributed by atoms with Crippen molar-refractivity contribution in [3.05, 3.63) is 134 Å². The molecule has 2 atom stereocenters. The molecule has 0 aromatic rings. The van der Waals surface area contributed by atoms with Gasteiger partial charge in [0.05, 0.1) is 40.3 Å². The van der Waals surface area contributed by atoms with Crippen LogP contribution in [0.25, 0.3) is 0 Å². The second-order valence-corrected chi connectivity index (χ2v) is 29.4. The second-order valence-electron chi connectivity index (χ2n) is 29.4. The van der Waals surface area contributed by atoms with Crippen LogP contribution < -0.4 is 5.11 Å². The summed E-state index contributed by atoms with van der Waals surface area (Å²) in [6, 6.07) is 0. The van der Waals surface area contributed by atoms with Crippen LogP contribution in [0.4, 0.5) is 0 Å². The number of ether oxygens (including phenoxy) is 4. The molecule has 0 rings (SSSR count). The van der Waals surface area contributed by atoms with Gasteiger partial charge in [0, 0.05) is 12.8 Å². The van der Waals surface area contributed by atoms with Gasteiger partial charge in [-0.1, -0.05) is 385 Å². The Kier molecular flexibility index (Phi) is 77.4. The maximum Gasteiger partial charge on any atom is 0.306 e. The van der Waals surface area contributed by atoms with E-state index in [9.17, 15) is 19.5 Å². The summed E-state index contributed by atoms with van der Waals surface area (Å²) in [5.74, 6) is -2.26. The average molecular weight is 1410 g/mol. The van der Waals surface area contributed by atoms with E-state index in [4.69, 9.17) is 18.9 Å². The second kappa shape index (κ2) is 81.1. The van der Waals surface area contributed by atoms with E-state index in [1.54, 1.807) is 0 Å². The topological polar surface area (TPSA) is 111 Å². The minimum atomic E-state index is -1.63. The lowest BCUT2D eigenvalue weighted by molar-refractivity contribution is -0.870. The van der Waals surface area contributed by atoms with Crippen LogP contribution in [0, 0.1) is 0 Å². The van der Waals surface area contributed by atoms with Gasteiger partial charge in [0.2, 0.25) is 0 Å². The minimum absolute atomic E-state index is 0.146. The van der Waals surface area contributed by atoms with E-state index < -0.39 is 24.3 Å². The van der Waals surface area contributed by atoms with Crippen LogP contribution in [0.3, 0.4) is 0 Å². The number of esters is 2. The zero-order valence-corrected chi connectivity index (χ0v) is 66.5. The molecule has 0 aromatic heterocycles. The summed E-state index contributed by atoms with van der Waals surface area (Å²) < 4.78 is 22.9. The fraction of sp³-hybridized carbons (Fsp3) is 0.728. The highest BCUT2D eigenvalue weighted by Gasteiger charge is 2.22. The number of likely N-dealkylation sites (N-methyl/N-ethyl adjacent to an activating group) is 1. The van der Waals surface area contributed by atoms with Crippen molar-refractivity contribution in [2.24, 2.45) is 0 Å². The van der Waals surface area contributed by atoms with Gasteiger partial charge in [0.25, 0.3) is 0 Å². The fourth-order valence-corrected chi connectivity index (χ4v) is 12.0. The Morgan fingerprint density at radius 2 is 0.535 bits per heavy atom. The SMILES string of the molecule is CC/C=C\C/C=C\C/C=C\C/C=C\C/C=C\C/C=C\CCCCCCCCCCCCCCCCCCC(=O)OC(COC(=O)CCCCCCCCCCCCCCCCCCCCCCCCCCC/C=C\C/C=C\C/C=C\C/C=C\C/C=C\CC)COC(OCC[N+](C)(C)C)C(=O)[O-]. The number of carbonyl (C=O) groups excluding carboxylic acids is 3. The predicted molar refractivity (Wildman–Crippen MR) is 435 cm³/mol. The molecule has 0 aliphatic heterocycles. The molecule has 0 N–H and O–H groups in total. The number of carbonyl (C=O) groups is 3. The molecule has 0 saturated heterocycles. The number of carboxylic acids is 1. The van der Waals surface area contributed by atoms with Gasteiger partial charge in [0.1, 0.15) is 13.2 Å². The molecule has 0 bridgehead atoms. The Morgan fingerprint density at radius 1 is 0.297 bits per heavy atom. The normalized spacial score (nSPS) is 13.3. The zero-order valence-electron chi connectivity index (χ0n) is 66.5. The summed E-state index contributed by atoms with van der Waals surface area (Å²) >= 11 is 0. The van der Waals surface area contributed by atoms with Crippen molar-refractivity contribution in [1.29, 1.82) is 0 Å². The van der Waals surface area contributed by atoms with Crippen LogP contribution in [0.5, 0.6) is 0 Å². The quantitative estimate of drug-likeness (QED) is 0.0195. The van der Waals surface area contributed by atoms with Crippen LogP contribution in [-0.4, -0.2) is 82.3 Å². The third-order valence-corrected chi connectivity index (χ3v) is 18.4. The van der Waals surface area contributed by atoms with Gasteiger partial charge in [-0.3, -0.25) is 9.59 Å². The van der Waals surface area contributed by atoms with Gasteiger partial charge in [-0.05, 0) is 109 Å². The van der Waals surface area contributed by atoms with Gasteiger partial charge in [-0.15, -0.1) is 0 Å². The summed E-state index contributed by atoms with van der Waals surface area (Å²) in [6.07, 6.45) is 114. The van der Waals surface area contributed by atoms with Crippen molar-refractivity contribution in [2.45, 2.75) is 386 Å². The van der Waals surface area contributed by atoms with Gasteiger partial charge in [0.15, 0.2) is 12.4 Å². The first kappa shape index (κ1) is 96.4. The third-order valence-electron chi connectivity index (χ3n) is 18.4. The molecule has 0 aromatic carbocycles. The number of nitrogens with zero attached hydrogens (tertiary/aromatic N) is 1. The van der Waals surface area contributed by atoms with Gasteiger partial charge >= 0.3 is 11.9 Å². The van der Waals surface area contributed by atoms with E-state index >= 15 is 0 Å². The van der Waals surface area contributed by atoms with Gasteiger partial charge in [-0.2, -0.15) is 0 Å². The van der Waals surface area contributed by atoms with Crippen molar-refractivity contribution in [3.63, 3.8) is 0 Å². The van der Waals surface area contributed by atoms with E-state index in [0.717, 1.165) is 109 Å². The van der Waals surface area contributed by atoms with E-state index in [1.807, 2.05) is 21.1 Å². The Hall–Kier alpha value is -4.57. The monoisotopic (exact) mass is 1410 g/mol. The lowest BCUT2D eigenvalue weighted by atomic mass is 10.0. The molecule has 0 spiro atoms. The number of unbranched alkanes of at least 4 members (excludes halogenated alkanes) is 41. The number of hydrogen-bond acceptors (Lipinski definition) is 8. The number of hydrogen-bond donors (Lipinski definition) is 0. The van der Waals surface area contributed by atoms with Gasteiger partial charge < -0.3 is 33.3 Å². The number of aliphatic carboxylic acids is 1. The summed E-state index contributed by atoms with van der Waals surface area (Å²) in [7, 11) is 5.94. The first-order chi connectivity index (χ1) is 49.6. The lowest BCUT2D eigenvalue weighted by Gasteiger charge is -2.26.